The Bertz CT molecular complexity index is 120. The van der Waals surface area contributed by atoms with Gasteiger partial charge in [0.1, 0.15) is 0 Å². The molecule has 0 saturated carbocycles. The van der Waals surface area contributed by atoms with Crippen LogP contribution in [-0.4, -0.2) is 14.9 Å². The molecule has 0 aromatic carbocycles. The van der Waals surface area contributed by atoms with Gasteiger partial charge in [-0.05, 0) is 0 Å². The maximum absolute atomic E-state index is 9.39. The Balaban J connectivity index is 0. The van der Waals surface area contributed by atoms with Gasteiger partial charge >= 0.3 is 16.5 Å². The second-order valence-electron chi connectivity index (χ2n) is 0.740. The van der Waals surface area contributed by atoms with Gasteiger partial charge in [-0.3, -0.25) is 0 Å². The average molecular weight is 188 g/mol. The van der Waals surface area contributed by atoms with E-state index in [4.69, 9.17) is 14.9 Å². The lowest BCUT2D eigenvalue weighted by molar-refractivity contribution is 0.371. The lowest BCUT2D eigenvalue weighted by Crippen LogP contribution is -1.58. The highest BCUT2D eigenvalue weighted by Crippen LogP contribution is 2.30. The number of hydrogen-bond donors (Lipinski definition) is 3. The van der Waals surface area contributed by atoms with E-state index in [1.54, 1.807) is 0 Å². The maximum Gasteiger partial charge on any atom is 0.745 e. The molecular weight excluding hydrogens is 182 g/mol. The summed E-state index contributed by atoms with van der Waals surface area (Å²) in [5.74, 6) is 0. The highest BCUT2D eigenvalue weighted by molar-refractivity contribution is 7.46. The molecule has 58 valence electrons. The second kappa shape index (κ2) is 8.62. The fourth-order valence-corrected chi connectivity index (χ4v) is 0.538. The van der Waals surface area contributed by atoms with E-state index >= 15 is 0 Å². The second-order valence-corrected chi connectivity index (χ2v) is 2.34. The summed E-state index contributed by atoms with van der Waals surface area (Å²) in [5, 5.41) is 7.33. The molecule has 0 aliphatic heterocycles. The molecule has 0 radical (unpaired) electrons. The summed E-state index contributed by atoms with van der Waals surface area (Å²) in [6.07, 6.45) is 0.750. The molecule has 0 bridgehead atoms. The zero-order chi connectivity index (χ0) is 8.57. The molecule has 10 heavy (non-hydrogen) atoms. The van der Waals surface area contributed by atoms with Crippen LogP contribution < -0.4 is 0 Å². The first-order chi connectivity index (χ1) is 4.54. The van der Waals surface area contributed by atoms with Crippen molar-refractivity contribution in [2.45, 2.75) is 0 Å². The highest BCUT2D eigenvalue weighted by Gasteiger charge is 2.31. The van der Waals surface area contributed by atoms with Crippen LogP contribution >= 0.6 is 16.5 Å². The van der Waals surface area contributed by atoms with Crippen molar-refractivity contribution in [2.75, 3.05) is 0 Å². The third-order valence-corrected chi connectivity index (χ3v) is 1.26. The van der Waals surface area contributed by atoms with Crippen LogP contribution in [0.15, 0.2) is 12.8 Å². The van der Waals surface area contributed by atoms with Crippen LogP contribution in [0.4, 0.5) is 0 Å². The molecule has 3 N–H and O–H groups in total. The predicted molar refractivity (Wildman–Crippen MR) is 33.6 cm³/mol. The molecule has 0 rings (SSSR count). The smallest absolute Gasteiger partial charge is 0.516 e. The first-order valence-corrected chi connectivity index (χ1v) is 4.06. The molecule has 0 amide bonds. The minimum Gasteiger partial charge on any atom is -0.516 e. The quantitative estimate of drug-likeness (QED) is 0.440. The van der Waals surface area contributed by atoms with E-state index in [9.17, 15) is 9.13 Å². The van der Waals surface area contributed by atoms with E-state index in [1.165, 1.54) is 0 Å². The van der Waals surface area contributed by atoms with E-state index in [2.05, 4.69) is 10.9 Å². The monoisotopic (exact) mass is 188 g/mol. The van der Waals surface area contributed by atoms with Crippen molar-refractivity contribution in [3.63, 3.8) is 0 Å². The molecule has 8 heteroatoms. The Morgan fingerprint density at radius 1 is 1.30 bits per heavy atom. The Morgan fingerprint density at radius 2 is 1.50 bits per heavy atom. The third-order valence-electron chi connectivity index (χ3n) is 0.140. The van der Waals surface area contributed by atoms with E-state index in [1.807, 2.05) is 0 Å². The van der Waals surface area contributed by atoms with E-state index < -0.39 is 16.5 Å². The lowest BCUT2D eigenvalue weighted by Gasteiger charge is -1.50. The van der Waals surface area contributed by atoms with Crippen molar-refractivity contribution in [1.29, 1.82) is 0 Å². The summed E-state index contributed by atoms with van der Waals surface area (Å²) < 4.78 is 22.2. The van der Waals surface area contributed by atoms with Gasteiger partial charge in [0, 0.05) is 9.13 Å². The highest BCUT2D eigenvalue weighted by atomic mass is 31.2. The predicted octanol–water partition coefficient (Wildman–Crippen LogP) is 0.990. The molecule has 0 heterocycles. The van der Waals surface area contributed by atoms with Gasteiger partial charge in [0.2, 0.25) is 0 Å². The van der Waals surface area contributed by atoms with E-state index in [0.29, 0.717) is 0 Å². The molecule has 0 aromatic rings. The Kier molecular flexibility index (Phi) is 10.6. The summed E-state index contributed by atoms with van der Waals surface area (Å²) in [6.45, 7) is 2.92. The van der Waals surface area contributed by atoms with Crippen molar-refractivity contribution in [3.8, 4) is 0 Å². The average Bonchev–Trinajstić information content (AvgIpc) is 1.62. The van der Waals surface area contributed by atoms with Crippen molar-refractivity contribution in [1.82, 2.24) is 0 Å². The Hall–Kier alpha value is -0.380. The molecule has 2 unspecified atom stereocenters. The van der Waals surface area contributed by atoms with Crippen LogP contribution in [0.3, 0.4) is 0 Å². The molecule has 2 atom stereocenters. The van der Waals surface area contributed by atoms with Crippen LogP contribution in [-0.2, 0) is 13.4 Å². The third kappa shape index (κ3) is 25.5. The minimum absolute atomic E-state index is 0.750. The Morgan fingerprint density at radius 3 is 1.50 bits per heavy atom. The maximum atomic E-state index is 9.39. The van der Waals surface area contributed by atoms with Gasteiger partial charge < -0.3 is 5.11 Å². The first-order valence-electron chi connectivity index (χ1n) is 1.80. The van der Waals surface area contributed by atoms with Gasteiger partial charge in [0.15, 0.2) is 4.31 Å². The molecule has 6 nitrogen and oxygen atoms in total. The van der Waals surface area contributed by atoms with Crippen LogP contribution in [0.2, 0.25) is 0 Å². The van der Waals surface area contributed by atoms with Gasteiger partial charge in [0.05, 0.1) is 6.26 Å². The summed E-state index contributed by atoms with van der Waals surface area (Å²) >= 11 is 0. The number of aliphatic hydroxyl groups excluding tert-OH is 1. The van der Waals surface area contributed by atoms with Crippen LogP contribution in [0.25, 0.3) is 0 Å². The topological polar surface area (TPSA) is 104 Å². The summed E-state index contributed by atoms with van der Waals surface area (Å²) in [7, 11) is -5.85. The standard InChI is InChI=1S/C2H4O.O5P2/c1-2-3;1-6(2)5-7(3)4/h2-3H,1H2;/p+2. The minimum atomic E-state index is -2.92. The van der Waals surface area contributed by atoms with Gasteiger partial charge in [-0.15, -0.1) is 9.79 Å². The first kappa shape index (κ1) is 12.3. The Labute approximate surface area is 58.7 Å². The zero-order valence-electron chi connectivity index (χ0n) is 4.75. The summed E-state index contributed by atoms with van der Waals surface area (Å²) in [4.78, 5) is 15.3. The number of aliphatic hydroxyl groups is 1. The summed E-state index contributed by atoms with van der Waals surface area (Å²) in [5.41, 5.74) is 0. The van der Waals surface area contributed by atoms with Crippen LogP contribution in [0.1, 0.15) is 0 Å². The van der Waals surface area contributed by atoms with Crippen molar-refractivity contribution in [3.05, 3.63) is 12.8 Å². The van der Waals surface area contributed by atoms with Crippen LogP contribution in [0.5, 0.6) is 0 Å². The molecule has 0 saturated heterocycles. The fraction of sp³-hybridized carbons (Fsp3) is 0. The zero-order valence-corrected chi connectivity index (χ0v) is 6.53. The SMILES string of the molecule is C=CO.O=[P+](O)O[P+](=O)O. The van der Waals surface area contributed by atoms with Crippen LogP contribution in [0, 0.1) is 0 Å². The fourth-order valence-electron chi connectivity index (χ4n) is 0.0598. The van der Waals surface area contributed by atoms with Gasteiger partial charge in [-0.2, -0.15) is 0 Å². The van der Waals surface area contributed by atoms with Gasteiger partial charge in [-0.25, -0.2) is 0 Å². The molecule has 0 aliphatic rings. The largest absolute Gasteiger partial charge is 0.745 e. The van der Waals surface area contributed by atoms with Gasteiger partial charge in [-0.1, -0.05) is 6.58 Å². The van der Waals surface area contributed by atoms with Crippen molar-refractivity contribution in [2.24, 2.45) is 0 Å². The molecule has 0 aliphatic carbocycles. The number of hydrogen-bond acceptors (Lipinski definition) is 4. The van der Waals surface area contributed by atoms with E-state index in [-0.39, 0.29) is 0 Å². The molecular formula is C2H6O6P2+2. The van der Waals surface area contributed by atoms with Crippen molar-refractivity contribution < 1.29 is 28.3 Å². The molecule has 0 fully saturated rings. The molecule has 0 aromatic heterocycles. The lowest BCUT2D eigenvalue weighted by atomic mass is 11.2. The van der Waals surface area contributed by atoms with E-state index in [0.717, 1.165) is 6.26 Å². The normalized spacial score (nSPS) is 10.6. The molecule has 0 spiro atoms. The number of rotatable bonds is 2. The summed E-state index contributed by atoms with van der Waals surface area (Å²) in [6, 6.07) is 0. The van der Waals surface area contributed by atoms with Crippen molar-refractivity contribution >= 4 is 16.5 Å². The van der Waals surface area contributed by atoms with Gasteiger partial charge in [0.25, 0.3) is 0 Å².